The fourth-order valence-electron chi connectivity index (χ4n) is 3.70. The van der Waals surface area contributed by atoms with Gasteiger partial charge in [0, 0.05) is 23.5 Å². The van der Waals surface area contributed by atoms with Crippen molar-refractivity contribution in [3.8, 4) is 0 Å². The fraction of sp³-hybridized carbons (Fsp3) is 0.500. The summed E-state index contributed by atoms with van der Waals surface area (Å²) in [5, 5.41) is 1.14. The van der Waals surface area contributed by atoms with Crippen molar-refractivity contribution >= 4 is 10.9 Å². The molecule has 2 unspecified atom stereocenters. The van der Waals surface area contributed by atoms with Crippen molar-refractivity contribution in [2.75, 3.05) is 0 Å². The van der Waals surface area contributed by atoms with Crippen molar-refractivity contribution in [2.45, 2.75) is 51.4 Å². The Kier molecular flexibility index (Phi) is 3.30. The van der Waals surface area contributed by atoms with Crippen LogP contribution in [0.1, 0.15) is 45.7 Å². The minimum absolute atomic E-state index is 0.0219. The van der Waals surface area contributed by atoms with Gasteiger partial charge in [-0.25, -0.2) is 0 Å². The highest BCUT2D eigenvalue weighted by atomic mass is 16.5. The van der Waals surface area contributed by atoms with Gasteiger partial charge in [0.2, 0.25) is 0 Å². The quantitative estimate of drug-likeness (QED) is 0.911. The van der Waals surface area contributed by atoms with Gasteiger partial charge in [-0.15, -0.1) is 0 Å². The van der Waals surface area contributed by atoms with Crippen LogP contribution in [0.4, 0.5) is 0 Å². The van der Waals surface area contributed by atoms with Crippen LogP contribution in [0.15, 0.2) is 36.5 Å². The largest absolute Gasteiger partial charge is 0.369 e. The maximum atomic E-state index is 6.59. The van der Waals surface area contributed by atoms with E-state index in [1.165, 1.54) is 0 Å². The zero-order valence-electron chi connectivity index (χ0n) is 13.3. The van der Waals surface area contributed by atoms with Crippen molar-refractivity contribution in [2.24, 2.45) is 11.7 Å². The summed E-state index contributed by atoms with van der Waals surface area (Å²) in [4.78, 5) is 4.37. The predicted octanol–water partition coefficient (Wildman–Crippen LogP) is 3.83. The molecule has 2 aromatic rings. The van der Waals surface area contributed by atoms with E-state index >= 15 is 0 Å². The van der Waals surface area contributed by atoms with E-state index in [-0.39, 0.29) is 17.2 Å². The Morgan fingerprint density at radius 2 is 2.00 bits per heavy atom. The van der Waals surface area contributed by atoms with Crippen LogP contribution in [0.5, 0.6) is 0 Å². The van der Waals surface area contributed by atoms with Gasteiger partial charge in [-0.2, -0.15) is 0 Å². The molecule has 0 spiro atoms. The van der Waals surface area contributed by atoms with Crippen LogP contribution >= 0.6 is 0 Å². The highest BCUT2D eigenvalue weighted by molar-refractivity contribution is 5.79. The van der Waals surface area contributed by atoms with Gasteiger partial charge < -0.3 is 10.5 Å². The van der Waals surface area contributed by atoms with E-state index in [1.807, 2.05) is 12.3 Å². The molecule has 3 heteroatoms. The molecule has 1 aromatic carbocycles. The number of hydrogen-bond acceptors (Lipinski definition) is 3. The predicted molar refractivity (Wildman–Crippen MR) is 86.0 cm³/mol. The molecular formula is C18H24N2O. The lowest BCUT2D eigenvalue weighted by Gasteiger charge is -2.31. The molecule has 112 valence electrons. The number of benzene rings is 1. The van der Waals surface area contributed by atoms with E-state index in [2.05, 4.69) is 56.9 Å². The van der Waals surface area contributed by atoms with Gasteiger partial charge in [0.15, 0.2) is 0 Å². The lowest BCUT2D eigenvalue weighted by Crippen LogP contribution is -2.35. The molecule has 0 aliphatic carbocycles. The Labute approximate surface area is 126 Å². The van der Waals surface area contributed by atoms with E-state index in [4.69, 9.17) is 10.5 Å². The summed E-state index contributed by atoms with van der Waals surface area (Å²) >= 11 is 0. The molecule has 21 heavy (non-hydrogen) atoms. The van der Waals surface area contributed by atoms with Crippen molar-refractivity contribution in [3.63, 3.8) is 0 Å². The van der Waals surface area contributed by atoms with Crippen molar-refractivity contribution in [1.82, 2.24) is 4.98 Å². The highest BCUT2D eigenvalue weighted by Crippen LogP contribution is 2.46. The summed E-state index contributed by atoms with van der Waals surface area (Å²) in [5.74, 6) is 0.307. The van der Waals surface area contributed by atoms with Gasteiger partial charge in [-0.05, 0) is 57.9 Å². The second kappa shape index (κ2) is 4.79. The van der Waals surface area contributed by atoms with Gasteiger partial charge >= 0.3 is 0 Å². The monoisotopic (exact) mass is 284 g/mol. The SMILES string of the molecule is CC1(C)CC(C(N)c2ccc3ncccc3c2)C(C)(C)O1. The topological polar surface area (TPSA) is 48.1 Å². The van der Waals surface area contributed by atoms with Gasteiger partial charge in [-0.1, -0.05) is 12.1 Å². The van der Waals surface area contributed by atoms with Crippen LogP contribution in [0.25, 0.3) is 10.9 Å². The van der Waals surface area contributed by atoms with E-state index in [0.717, 1.165) is 22.9 Å². The fourth-order valence-corrected chi connectivity index (χ4v) is 3.70. The lowest BCUT2D eigenvalue weighted by molar-refractivity contribution is -0.0767. The first-order valence-corrected chi connectivity index (χ1v) is 7.59. The molecule has 1 saturated heterocycles. The molecule has 0 amide bonds. The van der Waals surface area contributed by atoms with E-state index in [9.17, 15) is 0 Å². The average Bonchev–Trinajstić information content (AvgIpc) is 2.65. The van der Waals surface area contributed by atoms with Crippen LogP contribution in [0.3, 0.4) is 0 Å². The first-order chi connectivity index (χ1) is 9.78. The molecule has 3 nitrogen and oxygen atoms in total. The van der Waals surface area contributed by atoms with Crippen LogP contribution in [-0.4, -0.2) is 16.2 Å². The van der Waals surface area contributed by atoms with E-state index in [0.29, 0.717) is 5.92 Å². The Balaban J connectivity index is 1.95. The maximum Gasteiger partial charge on any atom is 0.0702 e. The summed E-state index contributed by atoms with van der Waals surface area (Å²) in [6.07, 6.45) is 2.80. The molecule has 2 heterocycles. The second-order valence-corrected chi connectivity index (χ2v) is 7.26. The van der Waals surface area contributed by atoms with Crippen LogP contribution in [0.2, 0.25) is 0 Å². The van der Waals surface area contributed by atoms with E-state index in [1.54, 1.807) is 0 Å². The highest BCUT2D eigenvalue weighted by Gasteiger charge is 2.48. The van der Waals surface area contributed by atoms with Crippen LogP contribution in [0, 0.1) is 5.92 Å². The number of pyridine rings is 1. The van der Waals surface area contributed by atoms with Gasteiger partial charge in [0.05, 0.1) is 16.7 Å². The normalized spacial score (nSPS) is 25.1. The van der Waals surface area contributed by atoms with Gasteiger partial charge in [0.25, 0.3) is 0 Å². The Bertz CT molecular complexity index is 663. The summed E-state index contributed by atoms with van der Waals surface area (Å²) < 4.78 is 6.19. The Morgan fingerprint density at radius 1 is 1.24 bits per heavy atom. The number of rotatable bonds is 2. The summed E-state index contributed by atoms with van der Waals surface area (Å²) in [7, 11) is 0. The minimum Gasteiger partial charge on any atom is -0.369 e. The summed E-state index contributed by atoms with van der Waals surface area (Å²) in [5.41, 5.74) is 8.45. The van der Waals surface area contributed by atoms with Crippen molar-refractivity contribution in [3.05, 3.63) is 42.1 Å². The molecule has 0 saturated carbocycles. The number of aromatic nitrogens is 1. The first kappa shape index (κ1) is 14.5. The third-order valence-electron chi connectivity index (χ3n) is 4.59. The zero-order chi connectivity index (χ0) is 15.3. The third kappa shape index (κ3) is 2.68. The van der Waals surface area contributed by atoms with Crippen molar-refractivity contribution in [1.29, 1.82) is 0 Å². The number of ether oxygens (including phenoxy) is 1. The number of hydrogen-bond donors (Lipinski definition) is 1. The average molecular weight is 284 g/mol. The molecule has 0 radical (unpaired) electrons. The Hall–Kier alpha value is -1.45. The molecule has 0 bridgehead atoms. The second-order valence-electron chi connectivity index (χ2n) is 7.26. The smallest absolute Gasteiger partial charge is 0.0702 e. The third-order valence-corrected chi connectivity index (χ3v) is 4.59. The standard InChI is InChI=1S/C18H24N2O/c1-17(2)11-14(18(3,4)21-17)16(19)13-7-8-15-12(10-13)6-5-9-20-15/h5-10,14,16H,11,19H2,1-4H3. The number of nitrogens with zero attached hydrogens (tertiary/aromatic N) is 1. The zero-order valence-corrected chi connectivity index (χ0v) is 13.3. The molecule has 1 aliphatic heterocycles. The number of nitrogens with two attached hydrogens (primary N) is 1. The maximum absolute atomic E-state index is 6.59. The molecule has 2 N–H and O–H groups in total. The molecule has 1 aliphatic rings. The minimum atomic E-state index is -0.202. The summed E-state index contributed by atoms with van der Waals surface area (Å²) in [6, 6.07) is 10.3. The Morgan fingerprint density at radius 3 is 2.67 bits per heavy atom. The molecule has 1 aromatic heterocycles. The number of fused-ring (bicyclic) bond motifs is 1. The summed E-state index contributed by atoms with van der Waals surface area (Å²) in [6.45, 7) is 8.58. The van der Waals surface area contributed by atoms with Crippen LogP contribution in [-0.2, 0) is 4.74 Å². The molecule has 3 rings (SSSR count). The molecule has 2 atom stereocenters. The lowest BCUT2D eigenvalue weighted by atomic mass is 9.79. The van der Waals surface area contributed by atoms with Crippen LogP contribution < -0.4 is 5.73 Å². The first-order valence-electron chi connectivity index (χ1n) is 7.59. The van der Waals surface area contributed by atoms with E-state index < -0.39 is 0 Å². The van der Waals surface area contributed by atoms with Gasteiger partial charge in [0.1, 0.15) is 0 Å². The molecular weight excluding hydrogens is 260 g/mol. The van der Waals surface area contributed by atoms with Crippen molar-refractivity contribution < 1.29 is 4.74 Å². The molecule has 1 fully saturated rings. The van der Waals surface area contributed by atoms with Gasteiger partial charge in [-0.3, -0.25) is 4.98 Å².